The Bertz CT molecular complexity index is 2800. The van der Waals surface area contributed by atoms with Gasteiger partial charge in [-0.3, -0.25) is 14.6 Å². The van der Waals surface area contributed by atoms with Gasteiger partial charge in [0, 0.05) is 5.92 Å². The Morgan fingerprint density at radius 2 is 1.09 bits per heavy atom. The van der Waals surface area contributed by atoms with Gasteiger partial charge >= 0.3 is 33.6 Å². The van der Waals surface area contributed by atoms with Gasteiger partial charge in [-0.05, 0) is 76.2 Å². The van der Waals surface area contributed by atoms with Crippen LogP contribution in [-0.2, 0) is 39.4 Å². The molecule has 74 heavy (non-hydrogen) atoms. The molecule has 0 radical (unpaired) electrons. The zero-order valence-corrected chi connectivity index (χ0v) is 47.0. The standard InChI is InChI=1S/C28H28N2O8P2.C21H18Cl3NO7.2Fm/c29-26(20-21-10-4-1-5-11-21)27(31)30-28(22-16-18-25(19-17-22)38-40(33,34)35)39(32,36-23-12-6-2-7-13-23)37-24-14-8-3-9-15-24;22-21(23,24)11-32-19(28)25-17(18(26)27)10-31-20(29)30-9-16-14-7-3-1-5-12(14)13-6-2-4-8-15(13)16;;/h1-19,26,28H,20,29H2,(H,30,31)(H2,33,34,35);1-8,16-17H,9-11H2,(H,25,28)(H,26,27);;. The van der Waals surface area contributed by atoms with Crippen LogP contribution in [0.25, 0.3) is 11.1 Å². The molecule has 3 unspecified atom stereocenters. The molecule has 3 atom stereocenters. The number of benzene rings is 6. The first kappa shape index (κ1) is 58.0. The van der Waals surface area contributed by atoms with E-state index in [9.17, 15) is 33.4 Å². The van der Waals surface area contributed by atoms with Crippen molar-refractivity contribution in [3.8, 4) is 28.4 Å². The number of carboxylic acid groups (broad SMARTS) is 1. The fourth-order valence-corrected chi connectivity index (χ4v) is 9.53. The second-order valence-electron chi connectivity index (χ2n) is 15.5. The van der Waals surface area contributed by atoms with Crippen molar-refractivity contribution >= 4 is 74.3 Å². The zero-order valence-electron chi connectivity index (χ0n) is 38.1. The van der Waals surface area contributed by atoms with Crippen LogP contribution < -0.4 is 29.9 Å². The molecule has 0 bridgehead atoms. The Labute approximate surface area is 428 Å². The Balaban J connectivity index is 0.000000319. The number of para-hydroxylation sites is 2. The summed E-state index contributed by atoms with van der Waals surface area (Å²) in [6.45, 7) is -1.28. The first-order chi connectivity index (χ1) is 34.3. The van der Waals surface area contributed by atoms with E-state index in [1.165, 1.54) is 24.3 Å². The second kappa shape index (κ2) is 26.2. The van der Waals surface area contributed by atoms with Gasteiger partial charge in [0.05, 0.1) is 6.04 Å². The Kier molecular flexibility index (Phi) is 20.5. The van der Waals surface area contributed by atoms with E-state index in [1.807, 2.05) is 84.2 Å². The van der Waals surface area contributed by atoms with E-state index in [4.69, 9.17) is 68.8 Å². The van der Waals surface area contributed by atoms with E-state index in [1.54, 1.807) is 60.7 Å². The van der Waals surface area contributed by atoms with Crippen molar-refractivity contribution < 1.29 is 71.0 Å². The fraction of sp³-hybridized carbons (Fsp3) is 0.184. The van der Waals surface area contributed by atoms with Gasteiger partial charge in [0.15, 0.2) is 11.8 Å². The second-order valence-corrected chi connectivity index (χ2v) is 21.2. The molecule has 7 N–H and O–H groups in total. The van der Waals surface area contributed by atoms with E-state index in [0.717, 1.165) is 27.8 Å². The molecule has 0 spiro atoms. The summed E-state index contributed by atoms with van der Waals surface area (Å²) in [5, 5.41) is 13.9. The van der Waals surface area contributed by atoms with E-state index < -0.39 is 74.4 Å². The maximum absolute atomic E-state index is 14.6. The molecule has 402 valence electrons. The van der Waals surface area contributed by atoms with Gasteiger partial charge in [-0.1, -0.05) is 162 Å². The molecule has 0 saturated heterocycles. The minimum absolute atomic E-state index is 0. The first-order valence-electron chi connectivity index (χ1n) is 21.5. The summed E-state index contributed by atoms with van der Waals surface area (Å²) in [4.78, 5) is 66.6. The molecular formula is C49H46Cl3Fm2N3O15P2. The molecule has 25 heteroatoms. The molecule has 1 aliphatic rings. The minimum atomic E-state index is -4.81. The number of aliphatic carboxylic acids is 1. The normalized spacial score (nSPS) is 12.9. The topological polar surface area (TPSA) is 269 Å². The number of hydrogen-bond acceptors (Lipinski definition) is 13. The largest absolute Gasteiger partial charge is 0.524 e. The monoisotopic (exact) mass is 1600 g/mol. The smallest absolute Gasteiger partial charge is 0.480 e. The van der Waals surface area contributed by atoms with Crippen molar-refractivity contribution in [2.45, 2.75) is 34.0 Å². The van der Waals surface area contributed by atoms with Gasteiger partial charge < -0.3 is 49.3 Å². The Hall–Kier alpha value is -8.59. The van der Waals surface area contributed by atoms with Crippen molar-refractivity contribution in [2.24, 2.45) is 5.73 Å². The number of nitrogens with one attached hydrogen (secondary N) is 2. The quantitative estimate of drug-likeness (QED) is 0.0250. The Morgan fingerprint density at radius 1 is 0.622 bits per heavy atom. The van der Waals surface area contributed by atoms with Crippen LogP contribution in [0.5, 0.6) is 17.2 Å². The summed E-state index contributed by atoms with van der Waals surface area (Å²) < 4.78 is 55.2. The van der Waals surface area contributed by atoms with Crippen LogP contribution in [0.2, 0.25) is 0 Å². The number of halogens is 3. The molecule has 2 amide bonds. The van der Waals surface area contributed by atoms with Crippen molar-refractivity contribution in [1.82, 2.24) is 10.6 Å². The van der Waals surface area contributed by atoms with Gasteiger partial charge in [-0.25, -0.2) is 23.5 Å². The number of phosphoric ester groups is 1. The number of carbonyl (C=O) groups excluding carboxylic acids is 3. The van der Waals surface area contributed by atoms with E-state index in [0.29, 0.717) is 0 Å². The number of phosphoric acid groups is 1. The van der Waals surface area contributed by atoms with Crippen molar-refractivity contribution in [2.75, 3.05) is 19.8 Å². The van der Waals surface area contributed by atoms with Crippen LogP contribution in [0.4, 0.5) is 9.59 Å². The van der Waals surface area contributed by atoms with Gasteiger partial charge in [0.25, 0.3) is 0 Å². The third-order valence-electron chi connectivity index (χ3n) is 10.3. The number of carboxylic acids is 1. The first-order valence-corrected chi connectivity index (χ1v) is 25.8. The van der Waals surface area contributed by atoms with E-state index in [2.05, 4.69) is 14.6 Å². The van der Waals surface area contributed by atoms with Crippen LogP contribution in [0.15, 0.2) is 164 Å². The molecule has 6 aromatic rings. The molecular weight excluding hydrogens is 1550 g/mol. The van der Waals surface area contributed by atoms with Crippen LogP contribution in [-0.4, -0.2) is 74.7 Å². The number of carbonyl (C=O) groups is 4. The molecule has 6 aromatic carbocycles. The fourth-order valence-electron chi connectivity index (χ4n) is 7.07. The molecule has 0 heterocycles. The summed E-state index contributed by atoms with van der Waals surface area (Å²) in [6.07, 6.45) is -2.01. The summed E-state index contributed by atoms with van der Waals surface area (Å²) >= 11 is 16.4. The zero-order chi connectivity index (χ0) is 51.9. The number of fused-ring (bicyclic) bond motifs is 3. The average molecular weight is 1600 g/mol. The average Bonchev–Trinajstić information content (AvgIpc) is 3.67. The number of alkyl halides is 3. The van der Waals surface area contributed by atoms with Crippen LogP contribution in [0.3, 0.4) is 0 Å². The predicted molar refractivity (Wildman–Crippen MR) is 267 cm³/mol. The third-order valence-corrected chi connectivity index (χ3v) is 13.0. The molecule has 0 saturated carbocycles. The van der Waals surface area contributed by atoms with Crippen LogP contribution in [0.1, 0.15) is 34.0 Å². The van der Waals surface area contributed by atoms with Crippen molar-refractivity contribution in [3.05, 3.63) is 186 Å². The van der Waals surface area contributed by atoms with E-state index in [-0.39, 0.29) is 41.8 Å². The number of hydrogen-bond donors (Lipinski definition) is 6. The minimum Gasteiger partial charge on any atom is -0.480 e. The predicted octanol–water partition coefficient (Wildman–Crippen LogP) is 9.70. The van der Waals surface area contributed by atoms with Crippen molar-refractivity contribution in [3.63, 3.8) is 0 Å². The molecule has 1 aliphatic carbocycles. The van der Waals surface area contributed by atoms with Crippen LogP contribution in [0, 0.1) is 0 Å². The van der Waals surface area contributed by atoms with Gasteiger partial charge in [0.2, 0.25) is 9.70 Å². The number of rotatable bonds is 19. The van der Waals surface area contributed by atoms with Crippen LogP contribution >= 0.6 is 50.2 Å². The summed E-state index contributed by atoms with van der Waals surface area (Å²) in [5.74, 6) is -3.29. The van der Waals surface area contributed by atoms with E-state index >= 15 is 0 Å². The molecule has 18 nitrogen and oxygen atoms in total. The molecule has 0 aromatic heterocycles. The van der Waals surface area contributed by atoms with Gasteiger partial charge in [-0.15, -0.1) is 0 Å². The summed E-state index contributed by atoms with van der Waals surface area (Å²) in [6, 6.07) is 44.2. The summed E-state index contributed by atoms with van der Waals surface area (Å²) in [5.41, 5.74) is 11.5. The molecule has 0 fully saturated rings. The molecule has 7 rings (SSSR count). The maximum atomic E-state index is 14.6. The molecule has 0 aliphatic heterocycles. The number of nitrogens with two attached hydrogens (primary N) is 1. The SMILES string of the molecule is NC(Cc1ccccc1)C(=O)NC(c1ccc(OP(=O)(O)O)cc1)P(=O)(Oc1ccccc1)Oc1ccccc1.O=C(NC(COC(=O)OCC1c2ccccc2-c2ccccc21)C(=O)O)OCC(Cl)(Cl)Cl.[Fm].[Fm]. The Morgan fingerprint density at radius 3 is 1.58 bits per heavy atom. The van der Waals surface area contributed by atoms with Crippen molar-refractivity contribution in [1.29, 1.82) is 0 Å². The number of alkyl carbamates (subject to hydrolysis) is 1. The maximum Gasteiger partial charge on any atom is 0.524 e. The van der Waals surface area contributed by atoms with Gasteiger partial charge in [0.1, 0.15) is 37.1 Å². The third kappa shape index (κ3) is 17.0. The summed E-state index contributed by atoms with van der Waals surface area (Å²) in [7, 11) is -9.12. The number of ether oxygens (including phenoxy) is 3. The number of amides is 2. The van der Waals surface area contributed by atoms with Gasteiger partial charge in [-0.2, -0.15) is 0 Å².